The number of esters is 3. The number of aliphatic hydroxyl groups is 1. The van der Waals surface area contributed by atoms with Crippen LogP contribution in [0.3, 0.4) is 0 Å². The molecule has 50 heavy (non-hydrogen) atoms. The quantitative estimate of drug-likeness (QED) is 0.167. The number of thiocarbonyl (C=S) groups is 1. The lowest BCUT2D eigenvalue weighted by Crippen LogP contribution is -2.70. The Morgan fingerprint density at radius 1 is 1.04 bits per heavy atom. The molecule has 5 rings (SSSR count). The second kappa shape index (κ2) is 14.1. The van der Waals surface area contributed by atoms with Gasteiger partial charge in [0.2, 0.25) is 5.78 Å². The summed E-state index contributed by atoms with van der Waals surface area (Å²) in [5.74, 6) is -4.53. The van der Waals surface area contributed by atoms with Gasteiger partial charge in [-0.2, -0.15) is 0 Å². The van der Waals surface area contributed by atoms with E-state index in [4.69, 9.17) is 32.2 Å². The van der Waals surface area contributed by atoms with Crippen molar-refractivity contribution in [2.75, 3.05) is 6.61 Å². The van der Waals surface area contributed by atoms with Crippen LogP contribution in [0, 0.1) is 28.6 Å². The number of alkyl halides is 1. The largest absolute Gasteiger partial charge is 0.457 e. The zero-order valence-corrected chi connectivity index (χ0v) is 29.8. The number of benzene rings is 1. The summed E-state index contributed by atoms with van der Waals surface area (Å²) in [5, 5.41) is 11.8. The first-order valence-corrected chi connectivity index (χ1v) is 17.8. The van der Waals surface area contributed by atoms with Gasteiger partial charge < -0.3 is 25.1 Å². The minimum atomic E-state index is -2.14. The molecule has 4 aliphatic rings. The van der Waals surface area contributed by atoms with Gasteiger partial charge in [-0.15, -0.1) is 0 Å². The van der Waals surface area contributed by atoms with Crippen LogP contribution < -0.4 is 10.5 Å². The number of rotatable bonds is 12. The molecule has 3 fully saturated rings. The summed E-state index contributed by atoms with van der Waals surface area (Å²) in [6.07, 6.45) is 4.37. The van der Waals surface area contributed by atoms with E-state index >= 15 is 4.39 Å². The number of nitrogens with two attached hydrogens (primary N) is 1. The fraction of sp³-hybridized carbons (Fsp3) is 0.579. The van der Waals surface area contributed by atoms with E-state index in [1.807, 2.05) is 6.92 Å². The number of unbranched alkanes of at least 4 members (excludes halogenated alkanes) is 1. The van der Waals surface area contributed by atoms with Gasteiger partial charge in [-0.3, -0.25) is 24.0 Å². The smallest absolute Gasteiger partial charge is 0.311 e. The average Bonchev–Trinajstić information content (AvgIpc) is 3.28. The number of aliphatic hydroxyl groups excluding tert-OH is 1. The topological polar surface area (TPSA) is 159 Å². The van der Waals surface area contributed by atoms with Crippen molar-refractivity contribution in [1.82, 2.24) is 0 Å². The van der Waals surface area contributed by atoms with Gasteiger partial charge in [-0.25, -0.2) is 4.39 Å². The Morgan fingerprint density at radius 2 is 1.72 bits per heavy atom. The number of ketones is 2. The van der Waals surface area contributed by atoms with E-state index in [0.29, 0.717) is 43.2 Å². The fourth-order valence-electron chi connectivity index (χ4n) is 9.35. The zero-order valence-electron chi connectivity index (χ0n) is 29.0. The predicted molar refractivity (Wildman–Crippen MR) is 184 cm³/mol. The first kappa shape index (κ1) is 37.5. The molecule has 0 bridgehead atoms. The monoisotopic (exact) mass is 711 g/mol. The molecule has 0 aliphatic heterocycles. The molecule has 0 aromatic heterocycles. The van der Waals surface area contributed by atoms with E-state index in [9.17, 15) is 29.1 Å². The minimum absolute atomic E-state index is 0.0621. The van der Waals surface area contributed by atoms with Gasteiger partial charge in [0.15, 0.2) is 23.7 Å². The highest BCUT2D eigenvalue weighted by Gasteiger charge is 2.77. The zero-order chi connectivity index (χ0) is 36.6. The number of allylic oxidation sites excluding steroid dienone is 4. The Morgan fingerprint density at radius 3 is 2.38 bits per heavy atom. The Hall–Kier alpha value is -3.77. The number of ether oxygens (including phenoxy) is 3. The number of hydrogen-bond donors (Lipinski definition) is 2. The standard InChI is InChI=1S/C38H46FNO9S/c1-5-6-7-33(46)49-38(30(43)21-47-31(44)14-15-32(45)48-26-11-8-23(9-12-26)34(40)50)22(2)18-28-27-13-10-24-19-25(41)16-17-35(24,3)37(27,39)29(42)20-36(28,38)4/h8-9,11-12,16-17,19,22,27-29,42H,5-7,10,13-15,18,20-21H2,1-4H3,(H2,40,50)/t22-,27-,28-,29-,35-,36-,37-,38-/m0/s1. The number of carbonyl (C=O) groups excluding carboxylic acids is 5. The molecule has 0 amide bonds. The van der Waals surface area contributed by atoms with Crippen molar-refractivity contribution < 1.29 is 47.7 Å². The van der Waals surface area contributed by atoms with E-state index in [1.54, 1.807) is 39.0 Å². The first-order valence-electron chi connectivity index (χ1n) is 17.4. The lowest BCUT2D eigenvalue weighted by atomic mass is 9.44. The van der Waals surface area contributed by atoms with Gasteiger partial charge in [0, 0.05) is 34.7 Å². The maximum absolute atomic E-state index is 17.7. The second-order valence-electron chi connectivity index (χ2n) is 14.7. The third-order valence-electron chi connectivity index (χ3n) is 11.9. The number of hydrogen-bond acceptors (Lipinski definition) is 10. The Labute approximate surface area is 297 Å². The van der Waals surface area contributed by atoms with Gasteiger partial charge in [0.1, 0.15) is 10.7 Å². The van der Waals surface area contributed by atoms with Crippen molar-refractivity contribution in [3.8, 4) is 5.75 Å². The van der Waals surface area contributed by atoms with Crippen molar-refractivity contribution in [1.29, 1.82) is 0 Å². The summed E-state index contributed by atoms with van der Waals surface area (Å²) in [7, 11) is 0. The van der Waals surface area contributed by atoms with Crippen LogP contribution in [0.5, 0.6) is 5.75 Å². The number of Topliss-reactive ketones (excluding diaryl/α,β-unsaturated/α-hetero) is 1. The van der Waals surface area contributed by atoms with Gasteiger partial charge in [-0.1, -0.05) is 51.1 Å². The molecule has 8 atom stereocenters. The highest BCUT2D eigenvalue weighted by molar-refractivity contribution is 7.80. The molecule has 0 spiro atoms. The summed E-state index contributed by atoms with van der Waals surface area (Å²) in [5.41, 5.74) is 0.456. The SMILES string of the molecule is CCCCC(=O)O[C@]1(C(=O)COC(=O)CCC(=O)Oc2ccc(C(N)=S)cc2)[C@@H](C)C[C@H]2[C@@H]3CCC4=CC(=O)C=C[C@]4(C)[C@@]3(F)[C@@H](O)C[C@@]21C. The highest BCUT2D eigenvalue weighted by atomic mass is 32.1. The molecule has 0 unspecified atom stereocenters. The van der Waals surface area contributed by atoms with Gasteiger partial charge >= 0.3 is 17.9 Å². The molecule has 10 nitrogen and oxygen atoms in total. The summed E-state index contributed by atoms with van der Waals surface area (Å²) >= 11 is 4.92. The maximum atomic E-state index is 17.7. The van der Waals surface area contributed by atoms with Crippen molar-refractivity contribution in [3.63, 3.8) is 0 Å². The molecule has 1 aromatic rings. The van der Waals surface area contributed by atoms with Crippen LogP contribution in [-0.2, 0) is 33.4 Å². The third kappa shape index (κ3) is 6.23. The second-order valence-corrected chi connectivity index (χ2v) is 15.1. The third-order valence-corrected chi connectivity index (χ3v) is 12.1. The lowest BCUT2D eigenvalue weighted by Gasteiger charge is -2.62. The van der Waals surface area contributed by atoms with Gasteiger partial charge in [0.05, 0.1) is 18.9 Å². The van der Waals surface area contributed by atoms with Crippen molar-refractivity contribution in [2.45, 2.75) is 103 Å². The van der Waals surface area contributed by atoms with E-state index in [-0.39, 0.29) is 42.2 Å². The molecule has 3 saturated carbocycles. The number of carbonyl (C=O) groups is 5. The molecule has 0 heterocycles. The molecule has 270 valence electrons. The normalized spacial score (nSPS) is 34.0. The molecular weight excluding hydrogens is 665 g/mol. The van der Waals surface area contributed by atoms with Crippen LogP contribution in [0.4, 0.5) is 4.39 Å². The van der Waals surface area contributed by atoms with E-state index in [1.165, 1.54) is 24.3 Å². The van der Waals surface area contributed by atoms with E-state index < -0.39 is 76.3 Å². The van der Waals surface area contributed by atoms with Crippen LogP contribution in [0.1, 0.15) is 91.0 Å². The lowest BCUT2D eigenvalue weighted by molar-refractivity contribution is -0.228. The van der Waals surface area contributed by atoms with Crippen LogP contribution in [0.15, 0.2) is 48.1 Å². The molecular formula is C38H46FNO9S. The molecule has 1 aromatic carbocycles. The molecule has 3 N–H and O–H groups in total. The van der Waals surface area contributed by atoms with Gasteiger partial charge in [-0.05, 0) is 81.4 Å². The highest BCUT2D eigenvalue weighted by Crippen LogP contribution is 2.71. The van der Waals surface area contributed by atoms with Crippen molar-refractivity contribution in [2.24, 2.45) is 34.3 Å². The van der Waals surface area contributed by atoms with Crippen LogP contribution in [0.25, 0.3) is 0 Å². The number of fused-ring (bicyclic) bond motifs is 5. The minimum Gasteiger partial charge on any atom is -0.457 e. The molecule has 12 heteroatoms. The van der Waals surface area contributed by atoms with E-state index in [0.717, 1.165) is 0 Å². The molecule has 4 aliphatic carbocycles. The fourth-order valence-corrected chi connectivity index (χ4v) is 9.49. The summed E-state index contributed by atoms with van der Waals surface area (Å²) in [6, 6.07) is 6.24. The van der Waals surface area contributed by atoms with E-state index in [2.05, 4.69) is 0 Å². The van der Waals surface area contributed by atoms with Crippen LogP contribution >= 0.6 is 12.2 Å². The van der Waals surface area contributed by atoms with Crippen LogP contribution in [0.2, 0.25) is 0 Å². The number of halogens is 1. The van der Waals surface area contributed by atoms with Crippen molar-refractivity contribution in [3.05, 3.63) is 53.6 Å². The molecule has 0 saturated heterocycles. The van der Waals surface area contributed by atoms with Crippen molar-refractivity contribution >= 4 is 46.7 Å². The Balaban J connectivity index is 1.34. The average molecular weight is 712 g/mol. The maximum Gasteiger partial charge on any atom is 0.311 e. The first-order chi connectivity index (χ1) is 23.5. The Bertz CT molecular complexity index is 1640. The Kier molecular flexibility index (Phi) is 10.6. The van der Waals surface area contributed by atoms with Gasteiger partial charge in [0.25, 0.3) is 0 Å². The molecule has 0 radical (unpaired) electrons. The summed E-state index contributed by atoms with van der Waals surface area (Å²) in [6.45, 7) is 6.45. The van der Waals surface area contributed by atoms with Crippen LogP contribution in [-0.4, -0.2) is 63.6 Å². The summed E-state index contributed by atoms with van der Waals surface area (Å²) < 4.78 is 34.5. The predicted octanol–water partition coefficient (Wildman–Crippen LogP) is 5.21. The summed E-state index contributed by atoms with van der Waals surface area (Å²) in [4.78, 5) is 65.3.